The minimum absolute atomic E-state index is 1.02. The van der Waals surface area contributed by atoms with Gasteiger partial charge in [0, 0.05) is 35.6 Å². The molecular weight excluding hydrogens is 633 g/mol. The Kier molecular flexibility index (Phi) is 5.74. The molecule has 0 bridgehead atoms. The number of nitrogens with zero attached hydrogens (tertiary/aromatic N) is 2. The Bertz CT molecular complexity index is 3090. The van der Waals surface area contributed by atoms with Gasteiger partial charge < -0.3 is 0 Å². The maximum atomic E-state index is 5.21. The van der Waals surface area contributed by atoms with E-state index >= 15 is 0 Å². The first-order chi connectivity index (χ1) is 24.3. The summed E-state index contributed by atoms with van der Waals surface area (Å²) < 4.78 is 7.55. The molecule has 0 N–H and O–H groups in total. The van der Waals surface area contributed by atoms with Gasteiger partial charge in [0.05, 0.1) is 21.4 Å². The number of hydrogen-bond acceptors (Lipinski definition) is 3. The van der Waals surface area contributed by atoms with E-state index in [1.807, 2.05) is 22.7 Å². The van der Waals surface area contributed by atoms with Crippen LogP contribution in [0.1, 0.15) is 0 Å². The zero-order chi connectivity index (χ0) is 32.1. The number of thiophene rings is 2. The van der Waals surface area contributed by atoms with Crippen molar-refractivity contribution >= 4 is 90.5 Å². The number of hydrogen-bond donors (Lipinski definition) is 0. The van der Waals surface area contributed by atoms with Crippen LogP contribution in [0.3, 0.4) is 0 Å². The average molecular weight is 659 g/mol. The molecule has 2 nitrogen and oxygen atoms in total. The van der Waals surface area contributed by atoms with Gasteiger partial charge in [-0.25, -0.2) is 4.98 Å². The Balaban J connectivity index is 1.02. The summed E-state index contributed by atoms with van der Waals surface area (Å²) >= 11 is 3.71. The summed E-state index contributed by atoms with van der Waals surface area (Å²) in [6.07, 6.45) is 0. The Hall–Kier alpha value is -5.81. The third kappa shape index (κ3) is 4.08. The molecule has 11 aromatic rings. The Morgan fingerprint density at radius 1 is 0.429 bits per heavy atom. The quantitative estimate of drug-likeness (QED) is 0.185. The number of benzene rings is 7. The lowest BCUT2D eigenvalue weighted by molar-refractivity contribution is 1.25. The van der Waals surface area contributed by atoms with Gasteiger partial charge in [0.1, 0.15) is 0 Å². The molecule has 0 aliphatic rings. The van der Waals surface area contributed by atoms with E-state index in [2.05, 4.69) is 162 Å². The number of fused-ring (bicyclic) bond motifs is 12. The molecule has 0 radical (unpaired) electrons. The number of imidazole rings is 1. The molecule has 4 aromatic heterocycles. The van der Waals surface area contributed by atoms with Crippen LogP contribution in [0.4, 0.5) is 0 Å². The molecule has 0 unspecified atom stereocenters. The first-order valence-corrected chi connectivity index (χ1v) is 18.2. The van der Waals surface area contributed by atoms with Crippen LogP contribution in [-0.2, 0) is 0 Å². The van der Waals surface area contributed by atoms with Crippen LogP contribution >= 0.6 is 22.7 Å². The number of para-hydroxylation sites is 2. The summed E-state index contributed by atoms with van der Waals surface area (Å²) in [4.78, 5) is 5.21. The normalized spacial score (nSPS) is 12.1. The van der Waals surface area contributed by atoms with E-state index < -0.39 is 0 Å². The highest BCUT2D eigenvalue weighted by Crippen LogP contribution is 2.43. The molecule has 228 valence electrons. The third-order valence-electron chi connectivity index (χ3n) is 10.0. The summed E-state index contributed by atoms with van der Waals surface area (Å²) in [5.41, 5.74) is 10.4. The lowest BCUT2D eigenvalue weighted by atomic mass is 9.98. The van der Waals surface area contributed by atoms with Crippen molar-refractivity contribution in [3.63, 3.8) is 0 Å². The van der Waals surface area contributed by atoms with Gasteiger partial charge in [0.15, 0.2) is 5.65 Å². The number of aromatic nitrogens is 2. The second-order valence-corrected chi connectivity index (χ2v) is 14.9. The van der Waals surface area contributed by atoms with E-state index in [9.17, 15) is 0 Å². The van der Waals surface area contributed by atoms with E-state index in [0.717, 1.165) is 22.4 Å². The SMILES string of the molecule is c1ccc2c(c1)ccc1sc3c(cc(-c4ccc(-c5ccc(-c6ccc7sc8ccccc8c7c6)cc5)cc4)n4c5ccccc5nc34)c12. The molecule has 0 saturated heterocycles. The molecule has 0 atom stereocenters. The van der Waals surface area contributed by atoms with Crippen LogP contribution in [0.5, 0.6) is 0 Å². The fraction of sp³-hybridized carbons (Fsp3) is 0. The summed E-state index contributed by atoms with van der Waals surface area (Å²) in [5.74, 6) is 0. The topological polar surface area (TPSA) is 17.3 Å². The maximum Gasteiger partial charge on any atom is 0.156 e. The molecular formula is C45H26N2S2. The van der Waals surface area contributed by atoms with Crippen LogP contribution in [0.2, 0.25) is 0 Å². The largest absolute Gasteiger partial charge is 0.291 e. The zero-order valence-corrected chi connectivity index (χ0v) is 27.9. The first kappa shape index (κ1) is 27.2. The smallest absolute Gasteiger partial charge is 0.156 e. The summed E-state index contributed by atoms with van der Waals surface area (Å²) in [5, 5.41) is 7.81. The van der Waals surface area contributed by atoms with Crippen molar-refractivity contribution in [3.05, 3.63) is 158 Å². The second-order valence-electron chi connectivity index (χ2n) is 12.8. The van der Waals surface area contributed by atoms with Gasteiger partial charge in [-0.3, -0.25) is 4.40 Å². The van der Waals surface area contributed by atoms with Crippen LogP contribution in [0.15, 0.2) is 158 Å². The van der Waals surface area contributed by atoms with Crippen molar-refractivity contribution in [2.75, 3.05) is 0 Å². The van der Waals surface area contributed by atoms with E-state index in [-0.39, 0.29) is 0 Å². The van der Waals surface area contributed by atoms with E-state index in [1.165, 1.54) is 78.9 Å². The lowest BCUT2D eigenvalue weighted by Gasteiger charge is -2.11. The predicted molar refractivity (Wildman–Crippen MR) is 212 cm³/mol. The van der Waals surface area contributed by atoms with Crippen LogP contribution in [0, 0.1) is 0 Å². The molecule has 7 aromatic carbocycles. The van der Waals surface area contributed by atoms with Gasteiger partial charge in [-0.15, -0.1) is 22.7 Å². The van der Waals surface area contributed by atoms with Crippen molar-refractivity contribution in [2.24, 2.45) is 0 Å². The summed E-state index contributed by atoms with van der Waals surface area (Å²) in [6.45, 7) is 0. The van der Waals surface area contributed by atoms with Gasteiger partial charge in [0.25, 0.3) is 0 Å². The molecule has 4 heterocycles. The van der Waals surface area contributed by atoms with Gasteiger partial charge in [0.2, 0.25) is 0 Å². The summed E-state index contributed by atoms with van der Waals surface area (Å²) in [6, 6.07) is 57.7. The fourth-order valence-electron chi connectivity index (χ4n) is 7.63. The number of rotatable bonds is 3. The fourth-order valence-corrected chi connectivity index (χ4v) is 9.89. The molecule has 0 spiro atoms. The van der Waals surface area contributed by atoms with Crippen molar-refractivity contribution in [1.82, 2.24) is 9.38 Å². The van der Waals surface area contributed by atoms with Crippen molar-refractivity contribution < 1.29 is 0 Å². The standard InChI is InChI=1S/C45H26N2S2/c1-2-8-33-30(7-1)21-24-42-43(33)36-26-39(47-38-11-5-4-10-37(38)46-45(47)44(36)49-42)31-19-17-28(18-20-31)27-13-15-29(16-14-27)32-22-23-41-35(25-32)34-9-3-6-12-40(34)48-41/h1-26H. The Morgan fingerprint density at radius 3 is 1.90 bits per heavy atom. The average Bonchev–Trinajstić information content (AvgIpc) is 3.86. The van der Waals surface area contributed by atoms with Crippen molar-refractivity contribution in [3.8, 4) is 33.5 Å². The third-order valence-corrected chi connectivity index (χ3v) is 12.3. The molecule has 0 amide bonds. The van der Waals surface area contributed by atoms with Gasteiger partial charge in [-0.05, 0) is 81.1 Å². The van der Waals surface area contributed by atoms with E-state index in [4.69, 9.17) is 4.98 Å². The maximum absolute atomic E-state index is 5.21. The lowest BCUT2D eigenvalue weighted by Crippen LogP contribution is -1.93. The Morgan fingerprint density at radius 2 is 1.06 bits per heavy atom. The Labute approximate surface area is 289 Å². The monoisotopic (exact) mass is 658 g/mol. The molecule has 49 heavy (non-hydrogen) atoms. The highest BCUT2D eigenvalue weighted by Gasteiger charge is 2.19. The molecule has 0 aliphatic heterocycles. The predicted octanol–water partition coefficient (Wildman–Crippen LogP) is 13.4. The van der Waals surface area contributed by atoms with Crippen LogP contribution in [0.25, 0.3) is 101 Å². The van der Waals surface area contributed by atoms with Gasteiger partial charge in [-0.2, -0.15) is 0 Å². The van der Waals surface area contributed by atoms with Crippen molar-refractivity contribution in [2.45, 2.75) is 0 Å². The van der Waals surface area contributed by atoms with Gasteiger partial charge in [-0.1, -0.05) is 115 Å². The van der Waals surface area contributed by atoms with Crippen molar-refractivity contribution in [1.29, 1.82) is 0 Å². The molecule has 4 heteroatoms. The number of pyridine rings is 1. The minimum Gasteiger partial charge on any atom is -0.291 e. The van der Waals surface area contributed by atoms with Gasteiger partial charge >= 0.3 is 0 Å². The molecule has 0 aliphatic carbocycles. The summed E-state index contributed by atoms with van der Waals surface area (Å²) in [7, 11) is 0. The highest BCUT2D eigenvalue weighted by molar-refractivity contribution is 7.26. The van der Waals surface area contributed by atoms with E-state index in [0.29, 0.717) is 0 Å². The van der Waals surface area contributed by atoms with Crippen LogP contribution in [-0.4, -0.2) is 9.38 Å². The van der Waals surface area contributed by atoms with Crippen LogP contribution < -0.4 is 0 Å². The molecule has 11 rings (SSSR count). The minimum atomic E-state index is 1.02. The van der Waals surface area contributed by atoms with E-state index in [1.54, 1.807) is 0 Å². The zero-order valence-electron chi connectivity index (χ0n) is 26.2. The highest BCUT2D eigenvalue weighted by atomic mass is 32.1. The first-order valence-electron chi connectivity index (χ1n) is 16.5. The molecule has 0 saturated carbocycles. The molecule has 0 fully saturated rings. The second kappa shape index (κ2) is 10.3.